The largest absolute Gasteiger partial charge is 0.490 e. The second-order valence-corrected chi connectivity index (χ2v) is 9.94. The van der Waals surface area contributed by atoms with Crippen molar-refractivity contribution >= 4 is 62.2 Å². The number of amides is 1. The van der Waals surface area contributed by atoms with E-state index >= 15 is 0 Å². The van der Waals surface area contributed by atoms with Crippen LogP contribution in [-0.2, 0) is 14.3 Å². The van der Waals surface area contributed by atoms with Gasteiger partial charge in [0.05, 0.1) is 29.2 Å². The fourth-order valence-electron chi connectivity index (χ4n) is 3.19. The summed E-state index contributed by atoms with van der Waals surface area (Å²) >= 11 is 10.3. The smallest absolute Gasteiger partial charge is 0.305 e. The lowest BCUT2D eigenvalue weighted by atomic mass is 10.1. The van der Waals surface area contributed by atoms with Crippen molar-refractivity contribution in [2.24, 2.45) is 0 Å². The highest BCUT2D eigenvalue weighted by molar-refractivity contribution is 9.10. The molecule has 1 aromatic rings. The van der Waals surface area contributed by atoms with Crippen LogP contribution >= 0.6 is 39.9 Å². The van der Waals surface area contributed by atoms with Crippen molar-refractivity contribution in [1.29, 1.82) is 0 Å². The van der Waals surface area contributed by atoms with E-state index in [0.717, 1.165) is 42.1 Å². The van der Waals surface area contributed by atoms with Gasteiger partial charge >= 0.3 is 5.97 Å². The molecule has 0 atom stereocenters. The molecule has 33 heavy (non-hydrogen) atoms. The van der Waals surface area contributed by atoms with Crippen LogP contribution in [0.3, 0.4) is 0 Å². The summed E-state index contributed by atoms with van der Waals surface area (Å²) in [6.07, 6.45) is 6.61. The van der Waals surface area contributed by atoms with Crippen LogP contribution in [0, 0.1) is 0 Å². The number of hydrogen-bond donors (Lipinski definition) is 0. The number of thioether (sulfide) groups is 1. The monoisotopic (exact) mass is 557 g/mol. The van der Waals surface area contributed by atoms with Crippen molar-refractivity contribution in [2.75, 3.05) is 26.4 Å². The maximum Gasteiger partial charge on any atom is 0.305 e. The standard InChI is InChI=1S/C24H32BrNO5S2/c1-4-7-13-31-22-18(25)14-17(15-19(22)29-5-2)16-20-23(28)26(24(32)33-20)12-10-8-9-11-21(27)30-6-3/h14-16H,4-13H2,1-3H3/b20-16-. The molecule has 9 heteroatoms. The first kappa shape index (κ1) is 27.7. The number of rotatable bonds is 14. The molecule has 0 N–H and O–H groups in total. The molecule has 1 amide bonds. The van der Waals surface area contributed by atoms with Crippen molar-refractivity contribution in [3.8, 4) is 11.5 Å². The van der Waals surface area contributed by atoms with Crippen LogP contribution in [0.25, 0.3) is 6.08 Å². The summed E-state index contributed by atoms with van der Waals surface area (Å²) < 4.78 is 18.0. The average molecular weight is 559 g/mol. The Hall–Kier alpha value is -1.58. The summed E-state index contributed by atoms with van der Waals surface area (Å²) in [6.45, 7) is 7.92. The number of unbranched alkanes of at least 4 members (excludes halogenated alkanes) is 3. The molecule has 182 valence electrons. The molecule has 6 nitrogen and oxygen atoms in total. The molecule has 0 spiro atoms. The molecule has 0 saturated carbocycles. The van der Waals surface area contributed by atoms with Gasteiger partial charge in [0.25, 0.3) is 5.91 Å². The Balaban J connectivity index is 2.03. The zero-order valence-corrected chi connectivity index (χ0v) is 22.7. The molecule has 2 rings (SSSR count). The second kappa shape index (κ2) is 14.6. The molecule has 0 radical (unpaired) electrons. The fourth-order valence-corrected chi connectivity index (χ4v) is 5.07. The maximum atomic E-state index is 12.9. The second-order valence-electron chi connectivity index (χ2n) is 7.41. The quantitative estimate of drug-likeness (QED) is 0.114. The van der Waals surface area contributed by atoms with Gasteiger partial charge in [0.2, 0.25) is 0 Å². The van der Waals surface area contributed by atoms with Crippen LogP contribution in [-0.4, -0.2) is 47.5 Å². The molecular formula is C24H32BrNO5S2. The fraction of sp³-hybridized carbons (Fsp3) is 0.542. The Morgan fingerprint density at radius 2 is 1.91 bits per heavy atom. The predicted octanol–water partition coefficient (Wildman–Crippen LogP) is 6.35. The summed E-state index contributed by atoms with van der Waals surface area (Å²) in [7, 11) is 0. The first-order valence-electron chi connectivity index (χ1n) is 11.4. The molecule has 0 aliphatic carbocycles. The van der Waals surface area contributed by atoms with Gasteiger partial charge in [0, 0.05) is 13.0 Å². The molecule has 0 aromatic heterocycles. The van der Waals surface area contributed by atoms with E-state index in [9.17, 15) is 9.59 Å². The Morgan fingerprint density at radius 3 is 2.61 bits per heavy atom. The van der Waals surface area contributed by atoms with E-state index in [1.165, 1.54) is 11.8 Å². The number of thiocarbonyl (C=S) groups is 1. The highest BCUT2D eigenvalue weighted by Crippen LogP contribution is 2.39. The van der Waals surface area contributed by atoms with Crippen LogP contribution in [0.1, 0.15) is 64.9 Å². The lowest BCUT2D eigenvalue weighted by molar-refractivity contribution is -0.143. The van der Waals surface area contributed by atoms with E-state index in [4.69, 9.17) is 26.4 Å². The normalized spacial score (nSPS) is 14.8. The molecule has 0 bridgehead atoms. The SMILES string of the molecule is CCCCOc1c(Br)cc(/C=C2\SC(=S)N(CCCCCC(=O)OCC)C2=O)cc1OCC. The van der Waals surface area contributed by atoms with Crippen LogP contribution in [0.5, 0.6) is 11.5 Å². The summed E-state index contributed by atoms with van der Waals surface area (Å²) in [5.74, 6) is 1.06. The molecule has 1 heterocycles. The minimum atomic E-state index is -0.176. The van der Waals surface area contributed by atoms with Crippen LogP contribution in [0.4, 0.5) is 0 Å². The van der Waals surface area contributed by atoms with Gasteiger partial charge in [-0.2, -0.15) is 0 Å². The minimum Gasteiger partial charge on any atom is -0.490 e. The van der Waals surface area contributed by atoms with Gasteiger partial charge in [0.15, 0.2) is 11.5 Å². The number of nitrogens with zero attached hydrogens (tertiary/aromatic N) is 1. The van der Waals surface area contributed by atoms with Crippen molar-refractivity contribution < 1.29 is 23.8 Å². The van der Waals surface area contributed by atoms with Gasteiger partial charge in [-0.25, -0.2) is 0 Å². The Kier molecular flexibility index (Phi) is 12.3. The number of ether oxygens (including phenoxy) is 3. The summed E-state index contributed by atoms with van der Waals surface area (Å²) in [6, 6.07) is 3.81. The number of benzene rings is 1. The van der Waals surface area contributed by atoms with E-state index in [1.54, 1.807) is 11.8 Å². The van der Waals surface area contributed by atoms with E-state index in [0.29, 0.717) is 53.5 Å². The average Bonchev–Trinajstić information content (AvgIpc) is 3.03. The van der Waals surface area contributed by atoms with Gasteiger partial charge in [-0.3, -0.25) is 14.5 Å². The van der Waals surface area contributed by atoms with Crippen molar-refractivity contribution in [2.45, 2.75) is 59.3 Å². The first-order valence-corrected chi connectivity index (χ1v) is 13.4. The Labute approximate surface area is 214 Å². The summed E-state index contributed by atoms with van der Waals surface area (Å²) in [4.78, 5) is 26.6. The van der Waals surface area contributed by atoms with Crippen molar-refractivity contribution in [1.82, 2.24) is 4.90 Å². The number of hydrogen-bond acceptors (Lipinski definition) is 7. The Bertz CT molecular complexity index is 875. The van der Waals surface area contributed by atoms with Gasteiger partial charge in [-0.05, 0) is 72.8 Å². The molecule has 1 aliphatic heterocycles. The number of carbonyl (C=O) groups is 2. The van der Waals surface area contributed by atoms with E-state index in [2.05, 4.69) is 22.9 Å². The van der Waals surface area contributed by atoms with Crippen molar-refractivity contribution in [3.63, 3.8) is 0 Å². The third-order valence-corrected chi connectivity index (χ3v) is 6.78. The predicted molar refractivity (Wildman–Crippen MR) is 141 cm³/mol. The molecule has 0 unspecified atom stereocenters. The molecular weight excluding hydrogens is 526 g/mol. The molecule has 1 aromatic carbocycles. The van der Waals surface area contributed by atoms with E-state index < -0.39 is 0 Å². The zero-order valence-electron chi connectivity index (χ0n) is 19.5. The lowest BCUT2D eigenvalue weighted by Crippen LogP contribution is -2.29. The van der Waals surface area contributed by atoms with Crippen molar-refractivity contribution in [3.05, 3.63) is 27.1 Å². The Morgan fingerprint density at radius 1 is 1.12 bits per heavy atom. The van der Waals surface area contributed by atoms with E-state index in [1.807, 2.05) is 25.1 Å². The van der Waals surface area contributed by atoms with Crippen LogP contribution in [0.2, 0.25) is 0 Å². The summed E-state index contributed by atoms with van der Waals surface area (Å²) in [5.41, 5.74) is 0.836. The van der Waals surface area contributed by atoms with E-state index in [-0.39, 0.29) is 11.9 Å². The third kappa shape index (κ3) is 8.61. The minimum absolute atomic E-state index is 0.0900. The van der Waals surface area contributed by atoms with Gasteiger partial charge in [-0.15, -0.1) is 0 Å². The lowest BCUT2D eigenvalue weighted by Gasteiger charge is -2.15. The zero-order chi connectivity index (χ0) is 24.2. The highest BCUT2D eigenvalue weighted by Gasteiger charge is 2.31. The summed E-state index contributed by atoms with van der Waals surface area (Å²) in [5, 5.41) is 0. The number of halogens is 1. The third-order valence-electron chi connectivity index (χ3n) is 4.82. The maximum absolute atomic E-state index is 12.9. The van der Waals surface area contributed by atoms with Gasteiger partial charge in [-0.1, -0.05) is 43.7 Å². The van der Waals surface area contributed by atoms with Gasteiger partial charge < -0.3 is 14.2 Å². The topological polar surface area (TPSA) is 65.1 Å². The van der Waals surface area contributed by atoms with Gasteiger partial charge in [0.1, 0.15) is 4.32 Å². The molecule has 1 saturated heterocycles. The molecule has 1 aliphatic rings. The van der Waals surface area contributed by atoms with Crippen LogP contribution < -0.4 is 9.47 Å². The number of esters is 1. The molecule has 1 fully saturated rings. The highest BCUT2D eigenvalue weighted by atomic mass is 79.9. The first-order chi connectivity index (χ1) is 15.9. The number of carbonyl (C=O) groups excluding carboxylic acids is 2. The van der Waals surface area contributed by atoms with Crippen LogP contribution in [0.15, 0.2) is 21.5 Å².